The Morgan fingerprint density at radius 3 is 2.68 bits per heavy atom. The predicted octanol–water partition coefficient (Wildman–Crippen LogP) is 2.87. The number of hydrogen-bond acceptors (Lipinski definition) is 4. The number of anilines is 1. The number of rotatable bonds is 4. The first-order valence-corrected chi connectivity index (χ1v) is 6.69. The summed E-state index contributed by atoms with van der Waals surface area (Å²) in [5.74, 6) is -0.480. The SMILES string of the molecule is CC(CC(=O)N1CCOC1=O)Nc1ccccc1C(F)(F)F. The number of para-hydroxylation sites is 1. The molecule has 0 aromatic heterocycles. The molecule has 22 heavy (non-hydrogen) atoms. The van der Waals surface area contributed by atoms with E-state index >= 15 is 0 Å². The Morgan fingerprint density at radius 2 is 2.09 bits per heavy atom. The molecule has 1 unspecified atom stereocenters. The third kappa shape index (κ3) is 3.69. The minimum absolute atomic E-state index is 0.0979. The molecule has 1 aliphatic heterocycles. The molecule has 2 rings (SSSR count). The maximum atomic E-state index is 12.9. The van der Waals surface area contributed by atoms with E-state index in [2.05, 4.69) is 10.1 Å². The molecule has 0 bridgehead atoms. The normalized spacial score (nSPS) is 16.4. The Morgan fingerprint density at radius 1 is 1.41 bits per heavy atom. The first-order chi connectivity index (χ1) is 10.3. The quantitative estimate of drug-likeness (QED) is 0.928. The van der Waals surface area contributed by atoms with Gasteiger partial charge in [0.05, 0.1) is 12.1 Å². The number of nitrogens with one attached hydrogen (secondary N) is 1. The molecule has 1 atom stereocenters. The Balaban J connectivity index is 2.02. The van der Waals surface area contributed by atoms with E-state index in [4.69, 9.17) is 0 Å². The van der Waals surface area contributed by atoms with Crippen molar-refractivity contribution in [1.29, 1.82) is 0 Å². The summed E-state index contributed by atoms with van der Waals surface area (Å²) >= 11 is 0. The molecular weight excluding hydrogens is 301 g/mol. The van der Waals surface area contributed by atoms with Crippen LogP contribution in [0.15, 0.2) is 24.3 Å². The lowest BCUT2D eigenvalue weighted by Crippen LogP contribution is -2.35. The summed E-state index contributed by atoms with van der Waals surface area (Å²) in [6, 6.07) is 4.47. The number of amides is 2. The fourth-order valence-electron chi connectivity index (χ4n) is 2.16. The molecule has 2 amide bonds. The molecule has 1 aromatic rings. The lowest BCUT2D eigenvalue weighted by Gasteiger charge is -2.20. The number of alkyl halides is 3. The highest BCUT2D eigenvalue weighted by Gasteiger charge is 2.34. The van der Waals surface area contributed by atoms with Gasteiger partial charge in [-0.2, -0.15) is 13.2 Å². The van der Waals surface area contributed by atoms with E-state index < -0.39 is 29.8 Å². The maximum absolute atomic E-state index is 12.9. The van der Waals surface area contributed by atoms with Gasteiger partial charge < -0.3 is 10.1 Å². The van der Waals surface area contributed by atoms with Crippen molar-refractivity contribution in [3.8, 4) is 0 Å². The number of imide groups is 1. The first-order valence-electron chi connectivity index (χ1n) is 6.69. The molecule has 1 N–H and O–H groups in total. The van der Waals surface area contributed by atoms with Gasteiger partial charge in [0, 0.05) is 18.2 Å². The van der Waals surface area contributed by atoms with Crippen LogP contribution in [0.4, 0.5) is 23.7 Å². The summed E-state index contributed by atoms with van der Waals surface area (Å²) in [7, 11) is 0. The van der Waals surface area contributed by atoms with E-state index in [1.165, 1.54) is 18.2 Å². The Labute approximate surface area is 125 Å². The fraction of sp³-hybridized carbons (Fsp3) is 0.429. The van der Waals surface area contributed by atoms with Crippen molar-refractivity contribution in [2.75, 3.05) is 18.5 Å². The van der Waals surface area contributed by atoms with Crippen LogP contribution in [0.3, 0.4) is 0 Å². The van der Waals surface area contributed by atoms with Gasteiger partial charge in [0.15, 0.2) is 0 Å². The van der Waals surface area contributed by atoms with E-state index in [1.54, 1.807) is 6.92 Å². The highest BCUT2D eigenvalue weighted by Crippen LogP contribution is 2.34. The average molecular weight is 316 g/mol. The predicted molar refractivity (Wildman–Crippen MR) is 72.2 cm³/mol. The van der Waals surface area contributed by atoms with Crippen LogP contribution in [0.5, 0.6) is 0 Å². The minimum Gasteiger partial charge on any atom is -0.447 e. The number of carbonyl (C=O) groups is 2. The molecule has 0 spiro atoms. The third-order valence-electron chi connectivity index (χ3n) is 3.18. The molecule has 0 saturated carbocycles. The molecule has 5 nitrogen and oxygen atoms in total. The van der Waals surface area contributed by atoms with Gasteiger partial charge in [0.25, 0.3) is 0 Å². The zero-order chi connectivity index (χ0) is 16.3. The number of benzene rings is 1. The highest BCUT2D eigenvalue weighted by atomic mass is 19.4. The smallest absolute Gasteiger partial charge is 0.418 e. The van der Waals surface area contributed by atoms with Crippen molar-refractivity contribution in [3.05, 3.63) is 29.8 Å². The largest absolute Gasteiger partial charge is 0.447 e. The van der Waals surface area contributed by atoms with Crippen molar-refractivity contribution < 1.29 is 27.5 Å². The van der Waals surface area contributed by atoms with E-state index in [1.807, 2.05) is 0 Å². The zero-order valence-electron chi connectivity index (χ0n) is 11.8. The summed E-state index contributed by atoms with van der Waals surface area (Å²) in [6.07, 6.45) is -5.30. The second kappa shape index (κ2) is 6.25. The number of halogens is 3. The highest BCUT2D eigenvalue weighted by molar-refractivity contribution is 5.93. The number of carbonyl (C=O) groups excluding carboxylic acids is 2. The maximum Gasteiger partial charge on any atom is 0.418 e. The molecule has 1 aliphatic rings. The second-order valence-electron chi connectivity index (χ2n) is 4.95. The molecule has 1 aromatic carbocycles. The average Bonchev–Trinajstić information content (AvgIpc) is 2.84. The molecule has 0 radical (unpaired) electrons. The molecule has 1 fully saturated rings. The van der Waals surface area contributed by atoms with E-state index in [-0.39, 0.29) is 25.3 Å². The van der Waals surface area contributed by atoms with Crippen LogP contribution < -0.4 is 5.32 Å². The third-order valence-corrected chi connectivity index (χ3v) is 3.18. The van der Waals surface area contributed by atoms with E-state index in [0.717, 1.165) is 11.0 Å². The van der Waals surface area contributed by atoms with Crippen LogP contribution in [0, 0.1) is 0 Å². The van der Waals surface area contributed by atoms with E-state index in [0.29, 0.717) is 0 Å². The molecule has 1 heterocycles. The summed E-state index contributed by atoms with van der Waals surface area (Å²) in [5, 5.41) is 2.67. The van der Waals surface area contributed by atoms with Crippen molar-refractivity contribution >= 4 is 17.7 Å². The summed E-state index contributed by atoms with van der Waals surface area (Å²) in [6.45, 7) is 1.89. The van der Waals surface area contributed by atoms with Gasteiger partial charge in [0.2, 0.25) is 5.91 Å². The number of cyclic esters (lactones) is 1. The van der Waals surface area contributed by atoms with Gasteiger partial charge >= 0.3 is 12.3 Å². The van der Waals surface area contributed by atoms with Gasteiger partial charge in [-0.1, -0.05) is 12.1 Å². The topological polar surface area (TPSA) is 58.6 Å². The molecular formula is C14H15F3N2O3. The first kappa shape index (κ1) is 16.1. The zero-order valence-corrected chi connectivity index (χ0v) is 11.8. The summed E-state index contributed by atoms with van der Waals surface area (Å²) in [4.78, 5) is 24.1. The van der Waals surface area contributed by atoms with Crippen molar-refractivity contribution in [2.45, 2.75) is 25.6 Å². The molecule has 1 saturated heterocycles. The van der Waals surface area contributed by atoms with Gasteiger partial charge in [-0.25, -0.2) is 9.69 Å². The van der Waals surface area contributed by atoms with Crippen molar-refractivity contribution in [2.24, 2.45) is 0 Å². The lowest BCUT2D eigenvalue weighted by molar-refractivity contribution is -0.137. The van der Waals surface area contributed by atoms with Crippen LogP contribution in [-0.2, 0) is 15.7 Å². The van der Waals surface area contributed by atoms with Gasteiger partial charge in [-0.05, 0) is 19.1 Å². The van der Waals surface area contributed by atoms with Crippen LogP contribution in [0.1, 0.15) is 18.9 Å². The van der Waals surface area contributed by atoms with E-state index in [9.17, 15) is 22.8 Å². The summed E-state index contributed by atoms with van der Waals surface area (Å²) in [5.41, 5.74) is -0.894. The monoisotopic (exact) mass is 316 g/mol. The minimum atomic E-state index is -4.48. The number of nitrogens with zero attached hydrogens (tertiary/aromatic N) is 1. The fourth-order valence-corrected chi connectivity index (χ4v) is 2.16. The van der Waals surface area contributed by atoms with Crippen molar-refractivity contribution in [1.82, 2.24) is 4.90 Å². The van der Waals surface area contributed by atoms with Gasteiger partial charge in [-0.3, -0.25) is 4.79 Å². The number of ether oxygens (including phenoxy) is 1. The standard InChI is InChI=1S/C14H15F3N2O3/c1-9(8-12(20)19-6-7-22-13(19)21)18-11-5-3-2-4-10(11)14(15,16)17/h2-5,9,18H,6-8H2,1H3. The second-order valence-corrected chi connectivity index (χ2v) is 4.95. The Kier molecular flexibility index (Phi) is 4.58. The van der Waals surface area contributed by atoms with Gasteiger partial charge in [0.1, 0.15) is 6.61 Å². The molecule has 8 heteroatoms. The van der Waals surface area contributed by atoms with Crippen molar-refractivity contribution in [3.63, 3.8) is 0 Å². The van der Waals surface area contributed by atoms with Crippen LogP contribution in [0.2, 0.25) is 0 Å². The van der Waals surface area contributed by atoms with Gasteiger partial charge in [-0.15, -0.1) is 0 Å². The Hall–Kier alpha value is -2.25. The lowest BCUT2D eigenvalue weighted by atomic mass is 10.1. The van der Waals surface area contributed by atoms with Crippen LogP contribution in [0.25, 0.3) is 0 Å². The van der Waals surface area contributed by atoms with Crippen LogP contribution >= 0.6 is 0 Å². The van der Waals surface area contributed by atoms with Crippen LogP contribution in [-0.4, -0.2) is 36.1 Å². The molecule has 0 aliphatic carbocycles. The Bertz CT molecular complexity index is 575. The molecule has 120 valence electrons. The number of hydrogen-bond donors (Lipinski definition) is 1. The summed E-state index contributed by atoms with van der Waals surface area (Å²) < 4.78 is 43.3.